The number of amides is 1. The molecule has 4 atom stereocenters. The molecule has 0 N–H and O–H groups in total. The number of Topliss-reactive ketones (excluding diaryl/α,β-unsaturated/α-hetero) is 1. The lowest BCUT2D eigenvalue weighted by Crippen LogP contribution is -2.41. The average Bonchev–Trinajstić information content (AvgIpc) is 2.99. The van der Waals surface area contributed by atoms with Gasteiger partial charge in [-0.3, -0.25) is 9.59 Å². The SMILES string of the molecule is CC(C)OCCCN1C(=O)C2=C(C(=O)C3CC(Cl)CCC3O2)C1c1ccc(Cl)cc1. The number of halogens is 2. The number of ether oxygens (including phenoxy) is 2. The lowest BCUT2D eigenvalue weighted by molar-refractivity contribution is -0.135. The van der Waals surface area contributed by atoms with Gasteiger partial charge >= 0.3 is 0 Å². The highest BCUT2D eigenvalue weighted by molar-refractivity contribution is 6.30. The highest BCUT2D eigenvalue weighted by Gasteiger charge is 2.52. The van der Waals surface area contributed by atoms with Crippen LogP contribution in [0.3, 0.4) is 0 Å². The molecule has 0 bridgehead atoms. The monoisotopic (exact) mass is 451 g/mol. The second-order valence-corrected chi connectivity index (χ2v) is 9.56. The largest absolute Gasteiger partial charge is 0.483 e. The summed E-state index contributed by atoms with van der Waals surface area (Å²) in [5.41, 5.74) is 1.33. The maximum absolute atomic E-state index is 13.5. The summed E-state index contributed by atoms with van der Waals surface area (Å²) in [5.74, 6) is -0.277. The summed E-state index contributed by atoms with van der Waals surface area (Å²) in [6.07, 6.45) is 2.64. The van der Waals surface area contributed by atoms with Gasteiger partial charge < -0.3 is 14.4 Å². The molecule has 1 aromatic carbocycles. The zero-order chi connectivity index (χ0) is 21.4. The summed E-state index contributed by atoms with van der Waals surface area (Å²) in [7, 11) is 0. The smallest absolute Gasteiger partial charge is 0.290 e. The normalized spacial score (nSPS) is 28.6. The number of rotatable bonds is 6. The van der Waals surface area contributed by atoms with E-state index in [1.165, 1.54) is 0 Å². The molecule has 1 fully saturated rings. The maximum Gasteiger partial charge on any atom is 0.290 e. The zero-order valence-corrected chi connectivity index (χ0v) is 18.8. The quantitative estimate of drug-likeness (QED) is 0.465. The number of carbonyl (C=O) groups is 2. The van der Waals surface area contributed by atoms with Crippen molar-refractivity contribution >= 4 is 34.9 Å². The Balaban J connectivity index is 1.65. The summed E-state index contributed by atoms with van der Waals surface area (Å²) in [5, 5.41) is 0.578. The van der Waals surface area contributed by atoms with Crippen LogP contribution in [0.5, 0.6) is 0 Å². The van der Waals surface area contributed by atoms with Gasteiger partial charge in [0.2, 0.25) is 0 Å². The number of ketones is 1. The fraction of sp³-hybridized carbons (Fsp3) is 0.565. The number of benzene rings is 1. The minimum Gasteiger partial charge on any atom is -0.483 e. The summed E-state index contributed by atoms with van der Waals surface area (Å²) in [4.78, 5) is 28.6. The van der Waals surface area contributed by atoms with Crippen LogP contribution < -0.4 is 0 Å². The van der Waals surface area contributed by atoms with Crippen molar-refractivity contribution in [3.8, 4) is 0 Å². The fourth-order valence-electron chi connectivity index (χ4n) is 4.64. The van der Waals surface area contributed by atoms with Crippen LogP contribution in [0.2, 0.25) is 5.02 Å². The van der Waals surface area contributed by atoms with E-state index in [2.05, 4.69) is 0 Å². The van der Waals surface area contributed by atoms with Crippen molar-refractivity contribution in [1.29, 1.82) is 0 Å². The molecule has 2 aliphatic heterocycles. The van der Waals surface area contributed by atoms with Gasteiger partial charge in [0.15, 0.2) is 11.5 Å². The lowest BCUT2D eigenvalue weighted by Gasteiger charge is -2.37. The molecular weight excluding hydrogens is 425 g/mol. The highest BCUT2D eigenvalue weighted by atomic mass is 35.5. The van der Waals surface area contributed by atoms with Crippen LogP contribution in [0.1, 0.15) is 51.1 Å². The van der Waals surface area contributed by atoms with E-state index in [-0.39, 0.29) is 41.0 Å². The highest BCUT2D eigenvalue weighted by Crippen LogP contribution is 2.47. The molecule has 0 spiro atoms. The standard InChI is InChI=1S/C23H27Cl2NO4/c1-13(2)29-11-3-10-26-20(14-4-6-15(24)7-5-14)19-21(27)17-12-16(25)8-9-18(17)30-22(19)23(26)28/h4-7,13,16-18,20H,3,8-12H2,1-2H3. The van der Waals surface area contributed by atoms with E-state index in [0.29, 0.717) is 43.0 Å². The Hall–Kier alpha value is -1.56. The molecule has 0 radical (unpaired) electrons. The molecule has 0 saturated heterocycles. The maximum atomic E-state index is 13.5. The molecule has 30 heavy (non-hydrogen) atoms. The zero-order valence-electron chi connectivity index (χ0n) is 17.3. The van der Waals surface area contributed by atoms with Crippen LogP contribution in [0.25, 0.3) is 0 Å². The van der Waals surface area contributed by atoms with Crippen LogP contribution in [0.4, 0.5) is 0 Å². The van der Waals surface area contributed by atoms with Crippen LogP contribution in [-0.4, -0.2) is 47.3 Å². The van der Waals surface area contributed by atoms with Crippen molar-refractivity contribution in [3.63, 3.8) is 0 Å². The third-order valence-corrected chi connectivity index (χ3v) is 6.71. The molecule has 0 aromatic heterocycles. The van der Waals surface area contributed by atoms with E-state index >= 15 is 0 Å². The van der Waals surface area contributed by atoms with Crippen molar-refractivity contribution in [2.75, 3.05) is 13.2 Å². The Morgan fingerprint density at radius 1 is 1.20 bits per heavy atom. The second kappa shape index (κ2) is 8.89. The van der Waals surface area contributed by atoms with Crippen LogP contribution in [0, 0.1) is 5.92 Å². The van der Waals surface area contributed by atoms with E-state index in [4.69, 9.17) is 32.7 Å². The molecule has 7 heteroatoms. The van der Waals surface area contributed by atoms with Gasteiger partial charge in [-0.1, -0.05) is 23.7 Å². The number of carbonyl (C=O) groups excluding carboxylic acids is 2. The first kappa shape index (κ1) is 21.7. The van der Waals surface area contributed by atoms with Gasteiger partial charge in [0.05, 0.1) is 23.6 Å². The Labute approximate surface area is 187 Å². The van der Waals surface area contributed by atoms with Crippen molar-refractivity contribution in [2.45, 2.75) is 63.2 Å². The molecule has 1 amide bonds. The Bertz CT molecular complexity index is 851. The van der Waals surface area contributed by atoms with Gasteiger partial charge in [0.25, 0.3) is 5.91 Å². The Morgan fingerprint density at radius 2 is 1.93 bits per heavy atom. The molecular formula is C23H27Cl2NO4. The summed E-state index contributed by atoms with van der Waals surface area (Å²) < 4.78 is 11.8. The second-order valence-electron chi connectivity index (χ2n) is 8.51. The van der Waals surface area contributed by atoms with Crippen molar-refractivity contribution in [2.24, 2.45) is 5.92 Å². The lowest BCUT2D eigenvalue weighted by atomic mass is 9.77. The predicted molar refractivity (Wildman–Crippen MR) is 115 cm³/mol. The first-order chi connectivity index (χ1) is 14.4. The molecule has 5 nitrogen and oxygen atoms in total. The van der Waals surface area contributed by atoms with Gasteiger partial charge in [-0.2, -0.15) is 0 Å². The van der Waals surface area contributed by atoms with Crippen molar-refractivity contribution < 1.29 is 19.1 Å². The minimum absolute atomic E-state index is 0.000769. The van der Waals surface area contributed by atoms with Crippen LogP contribution in [-0.2, 0) is 19.1 Å². The predicted octanol–water partition coefficient (Wildman–Crippen LogP) is 4.67. The molecule has 162 valence electrons. The Kier molecular flexibility index (Phi) is 6.42. The fourth-order valence-corrected chi connectivity index (χ4v) is 5.08. The van der Waals surface area contributed by atoms with Gasteiger partial charge in [-0.05, 0) is 57.2 Å². The van der Waals surface area contributed by atoms with Gasteiger partial charge in [0, 0.05) is 23.6 Å². The molecule has 2 heterocycles. The molecule has 4 rings (SSSR count). The van der Waals surface area contributed by atoms with Crippen molar-refractivity contribution in [3.05, 3.63) is 46.2 Å². The summed E-state index contributed by atoms with van der Waals surface area (Å²) in [6.45, 7) is 5.00. The Morgan fingerprint density at radius 3 is 2.63 bits per heavy atom. The van der Waals surface area contributed by atoms with E-state index in [0.717, 1.165) is 12.0 Å². The van der Waals surface area contributed by atoms with E-state index in [1.807, 2.05) is 26.0 Å². The first-order valence-corrected chi connectivity index (χ1v) is 11.5. The number of nitrogens with zero attached hydrogens (tertiary/aromatic N) is 1. The molecule has 1 aromatic rings. The first-order valence-electron chi connectivity index (χ1n) is 10.6. The summed E-state index contributed by atoms with van der Waals surface area (Å²) >= 11 is 12.4. The molecule has 4 unspecified atom stereocenters. The van der Waals surface area contributed by atoms with Gasteiger partial charge in [-0.15, -0.1) is 11.6 Å². The third kappa shape index (κ3) is 4.12. The molecule has 3 aliphatic rings. The number of hydrogen-bond donors (Lipinski definition) is 0. The third-order valence-electron chi connectivity index (χ3n) is 6.06. The molecule has 1 saturated carbocycles. The molecule has 1 aliphatic carbocycles. The number of hydrogen-bond acceptors (Lipinski definition) is 4. The number of alkyl halides is 1. The van der Waals surface area contributed by atoms with E-state index in [1.54, 1.807) is 17.0 Å². The van der Waals surface area contributed by atoms with Crippen molar-refractivity contribution in [1.82, 2.24) is 4.90 Å². The summed E-state index contributed by atoms with van der Waals surface area (Å²) in [6, 6.07) is 6.85. The average molecular weight is 452 g/mol. The van der Waals surface area contributed by atoms with E-state index in [9.17, 15) is 9.59 Å². The van der Waals surface area contributed by atoms with Gasteiger partial charge in [0.1, 0.15) is 6.10 Å². The van der Waals surface area contributed by atoms with Gasteiger partial charge in [-0.25, -0.2) is 0 Å². The van der Waals surface area contributed by atoms with Crippen LogP contribution in [0.15, 0.2) is 35.6 Å². The topological polar surface area (TPSA) is 55.8 Å². The van der Waals surface area contributed by atoms with E-state index < -0.39 is 6.04 Å². The number of fused-ring (bicyclic) bond motifs is 1. The van der Waals surface area contributed by atoms with Crippen LogP contribution >= 0.6 is 23.2 Å². The minimum atomic E-state index is -0.465.